The van der Waals surface area contributed by atoms with Crippen molar-refractivity contribution in [1.82, 2.24) is 15.5 Å². The second kappa shape index (κ2) is 5.32. The predicted octanol–water partition coefficient (Wildman–Crippen LogP) is 1.85. The average molecular weight is 277 g/mol. The van der Waals surface area contributed by atoms with E-state index in [4.69, 9.17) is 4.52 Å². The fourth-order valence-electron chi connectivity index (χ4n) is 2.14. The van der Waals surface area contributed by atoms with Crippen LogP contribution in [0.3, 0.4) is 0 Å². The zero-order valence-electron chi connectivity index (χ0n) is 10.5. The quantitative estimate of drug-likeness (QED) is 0.834. The normalized spacial score (nSPS) is 22.8. The van der Waals surface area contributed by atoms with Gasteiger partial charge in [0.15, 0.2) is 0 Å². The maximum atomic E-state index is 9.49. The molecule has 0 saturated carbocycles. The van der Waals surface area contributed by atoms with Gasteiger partial charge in [0.1, 0.15) is 0 Å². The fourth-order valence-corrected chi connectivity index (χ4v) is 2.55. The largest absolute Gasteiger partial charge is 0.392 e. The standard InChI is InChI=1S/C13H15N3O2S/c1-19-10-4-2-8(3-5-10)12-15-13(18-16-12)11-6-9(17)7-14-11/h2-5,9,11,14,17H,6-7H2,1H3/t9-,11-/m0/s1. The van der Waals surface area contributed by atoms with Crippen molar-refractivity contribution in [2.45, 2.75) is 23.5 Å². The lowest BCUT2D eigenvalue weighted by Crippen LogP contribution is -2.15. The molecule has 3 rings (SSSR count). The summed E-state index contributed by atoms with van der Waals surface area (Å²) in [5.41, 5.74) is 0.936. The summed E-state index contributed by atoms with van der Waals surface area (Å²) < 4.78 is 5.27. The number of aliphatic hydroxyl groups excluding tert-OH is 1. The molecular weight excluding hydrogens is 262 g/mol. The summed E-state index contributed by atoms with van der Waals surface area (Å²) in [6.07, 6.45) is 2.33. The molecule has 1 aromatic carbocycles. The lowest BCUT2D eigenvalue weighted by atomic mass is 10.2. The summed E-state index contributed by atoms with van der Waals surface area (Å²) in [4.78, 5) is 5.60. The Morgan fingerprint density at radius 1 is 1.37 bits per heavy atom. The molecule has 0 amide bonds. The van der Waals surface area contributed by atoms with Crippen LogP contribution in [0.4, 0.5) is 0 Å². The molecule has 0 radical (unpaired) electrons. The summed E-state index contributed by atoms with van der Waals surface area (Å²) in [6, 6.07) is 8.00. The smallest absolute Gasteiger partial charge is 0.244 e. The first-order valence-electron chi connectivity index (χ1n) is 6.16. The molecule has 0 unspecified atom stereocenters. The maximum absolute atomic E-state index is 9.49. The van der Waals surface area contributed by atoms with Gasteiger partial charge in [-0.15, -0.1) is 11.8 Å². The molecule has 2 atom stereocenters. The third-order valence-corrected chi connectivity index (χ3v) is 3.94. The highest BCUT2D eigenvalue weighted by Gasteiger charge is 2.28. The van der Waals surface area contributed by atoms with Gasteiger partial charge >= 0.3 is 0 Å². The summed E-state index contributed by atoms with van der Waals surface area (Å²) >= 11 is 1.70. The van der Waals surface area contributed by atoms with Gasteiger partial charge in [0.05, 0.1) is 12.1 Å². The average Bonchev–Trinajstić information content (AvgIpc) is 3.07. The van der Waals surface area contributed by atoms with Crippen molar-refractivity contribution in [2.75, 3.05) is 12.8 Å². The highest BCUT2D eigenvalue weighted by atomic mass is 32.2. The predicted molar refractivity (Wildman–Crippen MR) is 72.9 cm³/mol. The van der Waals surface area contributed by atoms with Crippen LogP contribution in [0, 0.1) is 0 Å². The third kappa shape index (κ3) is 2.65. The Bertz CT molecular complexity index is 555. The molecule has 100 valence electrons. The molecule has 1 saturated heterocycles. The lowest BCUT2D eigenvalue weighted by molar-refractivity contribution is 0.191. The van der Waals surface area contributed by atoms with Crippen molar-refractivity contribution in [3.63, 3.8) is 0 Å². The number of hydrogen-bond donors (Lipinski definition) is 2. The van der Waals surface area contributed by atoms with Crippen LogP contribution in [-0.4, -0.2) is 34.2 Å². The summed E-state index contributed by atoms with van der Waals surface area (Å²) in [5.74, 6) is 1.13. The molecule has 1 aliphatic rings. The molecular formula is C13H15N3O2S. The Labute approximate surface area is 115 Å². The van der Waals surface area contributed by atoms with Crippen LogP contribution < -0.4 is 5.32 Å². The molecule has 5 nitrogen and oxygen atoms in total. The van der Waals surface area contributed by atoms with Gasteiger partial charge in [-0.25, -0.2) is 0 Å². The highest BCUT2D eigenvalue weighted by Crippen LogP contribution is 2.25. The van der Waals surface area contributed by atoms with E-state index in [9.17, 15) is 5.11 Å². The van der Waals surface area contributed by atoms with Crippen molar-refractivity contribution in [3.8, 4) is 11.4 Å². The van der Waals surface area contributed by atoms with Crippen LogP contribution in [0.15, 0.2) is 33.7 Å². The molecule has 0 spiro atoms. The van der Waals surface area contributed by atoms with E-state index in [1.807, 2.05) is 30.5 Å². The Kier molecular flexibility index (Phi) is 3.54. The number of nitrogens with zero attached hydrogens (tertiary/aromatic N) is 2. The van der Waals surface area contributed by atoms with E-state index >= 15 is 0 Å². The van der Waals surface area contributed by atoms with Gasteiger partial charge in [-0.05, 0) is 36.9 Å². The molecule has 19 heavy (non-hydrogen) atoms. The first-order chi connectivity index (χ1) is 9.26. The Hall–Kier alpha value is -1.37. The van der Waals surface area contributed by atoms with Gasteiger partial charge in [-0.1, -0.05) is 5.16 Å². The molecule has 2 aromatic rings. The number of rotatable bonds is 3. The number of aliphatic hydroxyl groups is 1. The van der Waals surface area contributed by atoms with Crippen molar-refractivity contribution < 1.29 is 9.63 Å². The number of benzene rings is 1. The molecule has 0 aliphatic carbocycles. The first-order valence-corrected chi connectivity index (χ1v) is 7.38. The van der Waals surface area contributed by atoms with Crippen LogP contribution in [0.25, 0.3) is 11.4 Å². The highest BCUT2D eigenvalue weighted by molar-refractivity contribution is 7.98. The first kappa shape index (κ1) is 12.7. The molecule has 1 fully saturated rings. The molecule has 2 heterocycles. The molecule has 1 aromatic heterocycles. The van der Waals surface area contributed by atoms with Gasteiger partial charge < -0.3 is 14.9 Å². The van der Waals surface area contributed by atoms with Gasteiger partial charge in [0, 0.05) is 17.0 Å². The van der Waals surface area contributed by atoms with E-state index in [1.54, 1.807) is 11.8 Å². The number of nitrogens with one attached hydrogen (secondary N) is 1. The van der Waals surface area contributed by atoms with Crippen molar-refractivity contribution in [3.05, 3.63) is 30.2 Å². The topological polar surface area (TPSA) is 71.2 Å². The van der Waals surface area contributed by atoms with E-state index < -0.39 is 0 Å². The number of aromatic nitrogens is 2. The van der Waals surface area contributed by atoms with Crippen molar-refractivity contribution in [1.29, 1.82) is 0 Å². The van der Waals surface area contributed by atoms with Crippen molar-refractivity contribution in [2.24, 2.45) is 0 Å². The SMILES string of the molecule is CSc1ccc(-c2noc([C@@H]3C[C@H](O)CN3)n2)cc1. The summed E-state index contributed by atoms with van der Waals surface area (Å²) in [7, 11) is 0. The molecule has 1 aliphatic heterocycles. The van der Waals surface area contributed by atoms with E-state index in [0.717, 1.165) is 5.56 Å². The zero-order chi connectivity index (χ0) is 13.2. The van der Waals surface area contributed by atoms with Crippen molar-refractivity contribution >= 4 is 11.8 Å². The van der Waals surface area contributed by atoms with Crippen LogP contribution in [0.1, 0.15) is 18.4 Å². The molecule has 2 N–H and O–H groups in total. The Morgan fingerprint density at radius 3 is 2.79 bits per heavy atom. The van der Waals surface area contributed by atoms with Crippen LogP contribution >= 0.6 is 11.8 Å². The zero-order valence-corrected chi connectivity index (χ0v) is 11.4. The van der Waals surface area contributed by atoms with E-state index in [-0.39, 0.29) is 12.1 Å². The minimum atomic E-state index is -0.332. The summed E-state index contributed by atoms with van der Waals surface area (Å²) in [6.45, 7) is 0.574. The second-order valence-corrected chi connectivity index (χ2v) is 5.41. The Morgan fingerprint density at radius 2 is 2.16 bits per heavy atom. The molecule has 6 heteroatoms. The van der Waals surface area contributed by atoms with Gasteiger partial charge in [-0.3, -0.25) is 0 Å². The lowest BCUT2D eigenvalue weighted by Gasteiger charge is -2.01. The van der Waals surface area contributed by atoms with E-state index in [1.165, 1.54) is 4.90 Å². The van der Waals surface area contributed by atoms with Crippen LogP contribution in [-0.2, 0) is 0 Å². The van der Waals surface area contributed by atoms with Crippen LogP contribution in [0.2, 0.25) is 0 Å². The van der Waals surface area contributed by atoms with E-state index in [2.05, 4.69) is 15.5 Å². The maximum Gasteiger partial charge on any atom is 0.244 e. The van der Waals surface area contributed by atoms with E-state index in [0.29, 0.717) is 24.7 Å². The minimum absolute atomic E-state index is 0.0401. The minimum Gasteiger partial charge on any atom is -0.392 e. The third-order valence-electron chi connectivity index (χ3n) is 3.20. The summed E-state index contributed by atoms with van der Waals surface area (Å²) in [5, 5.41) is 16.6. The van der Waals surface area contributed by atoms with Crippen LogP contribution in [0.5, 0.6) is 0 Å². The second-order valence-electron chi connectivity index (χ2n) is 4.54. The molecule has 0 bridgehead atoms. The Balaban J connectivity index is 1.80. The number of β-amino-alcohol motifs (C(OH)–C–C–N with tert-alkyl or cyclic N) is 1. The number of hydrogen-bond acceptors (Lipinski definition) is 6. The fraction of sp³-hybridized carbons (Fsp3) is 0.385. The van der Waals surface area contributed by atoms with Gasteiger partial charge in [0.25, 0.3) is 0 Å². The van der Waals surface area contributed by atoms with Gasteiger partial charge in [0.2, 0.25) is 11.7 Å². The number of thioether (sulfide) groups is 1. The van der Waals surface area contributed by atoms with Gasteiger partial charge in [-0.2, -0.15) is 4.98 Å². The monoisotopic (exact) mass is 277 g/mol.